The van der Waals surface area contributed by atoms with E-state index in [9.17, 15) is 4.39 Å². The highest BCUT2D eigenvalue weighted by molar-refractivity contribution is 14.1. The second kappa shape index (κ2) is 5.35. The maximum atomic E-state index is 13.2. The van der Waals surface area contributed by atoms with Crippen LogP contribution in [-0.4, -0.2) is 21.0 Å². The minimum atomic E-state index is -0.365. The molecule has 0 heterocycles. The third-order valence-corrected chi connectivity index (χ3v) is 2.58. The number of halogens is 2. The summed E-state index contributed by atoms with van der Waals surface area (Å²) < 4.78 is 28.5. The summed E-state index contributed by atoms with van der Waals surface area (Å²) in [5.74, 6) is 0.481. The van der Waals surface area contributed by atoms with Gasteiger partial charge in [-0.25, -0.2) is 4.39 Å². The van der Waals surface area contributed by atoms with Gasteiger partial charge >= 0.3 is 0 Å². The lowest BCUT2D eigenvalue weighted by Crippen LogP contribution is -2.02. The third kappa shape index (κ3) is 2.71. The lowest BCUT2D eigenvalue weighted by molar-refractivity contribution is 0.0501. The first-order chi connectivity index (χ1) is 6.69. The van der Waals surface area contributed by atoms with Crippen molar-refractivity contribution in [2.24, 2.45) is 0 Å². The van der Waals surface area contributed by atoms with E-state index in [0.29, 0.717) is 15.1 Å². The predicted octanol–water partition coefficient (Wildman–Crippen LogP) is 2.42. The van der Waals surface area contributed by atoms with Crippen molar-refractivity contribution in [3.8, 4) is 11.5 Å². The van der Waals surface area contributed by atoms with Gasteiger partial charge < -0.3 is 14.2 Å². The van der Waals surface area contributed by atoms with Crippen LogP contribution in [0.5, 0.6) is 11.5 Å². The van der Waals surface area contributed by atoms with Crippen molar-refractivity contribution >= 4 is 22.6 Å². The van der Waals surface area contributed by atoms with E-state index in [1.807, 2.05) is 22.6 Å². The van der Waals surface area contributed by atoms with Crippen LogP contribution in [0.25, 0.3) is 0 Å². The summed E-state index contributed by atoms with van der Waals surface area (Å²) in [6.07, 6.45) is 0. The van der Waals surface area contributed by atoms with Crippen LogP contribution < -0.4 is 9.47 Å². The molecule has 5 heteroatoms. The van der Waals surface area contributed by atoms with E-state index in [4.69, 9.17) is 14.2 Å². The van der Waals surface area contributed by atoms with Gasteiger partial charge in [0.2, 0.25) is 0 Å². The lowest BCUT2D eigenvalue weighted by Gasteiger charge is -2.09. The Morgan fingerprint density at radius 3 is 2.64 bits per heavy atom. The van der Waals surface area contributed by atoms with Gasteiger partial charge in [0.05, 0.1) is 10.7 Å². The number of rotatable bonds is 4. The second-order valence-corrected chi connectivity index (χ2v) is 3.55. The molecule has 0 saturated carbocycles. The zero-order valence-corrected chi connectivity index (χ0v) is 10.00. The summed E-state index contributed by atoms with van der Waals surface area (Å²) in [7, 11) is 2.98. The molecule has 0 fully saturated rings. The van der Waals surface area contributed by atoms with Crippen molar-refractivity contribution in [1.29, 1.82) is 0 Å². The van der Waals surface area contributed by atoms with Crippen molar-refractivity contribution in [3.63, 3.8) is 0 Å². The Labute approximate surface area is 95.3 Å². The lowest BCUT2D eigenvalue weighted by atomic mass is 10.3. The molecule has 0 N–H and O–H groups in total. The van der Waals surface area contributed by atoms with Crippen LogP contribution in [0.15, 0.2) is 12.1 Å². The van der Waals surface area contributed by atoms with Gasteiger partial charge in [0, 0.05) is 19.2 Å². The van der Waals surface area contributed by atoms with Gasteiger partial charge in [-0.2, -0.15) is 0 Å². The monoisotopic (exact) mass is 312 g/mol. The molecule has 0 aromatic heterocycles. The summed E-state index contributed by atoms with van der Waals surface area (Å²) in [6, 6.07) is 2.92. The molecule has 78 valence electrons. The Bertz CT molecular complexity index is 317. The van der Waals surface area contributed by atoms with Crippen molar-refractivity contribution in [2.45, 2.75) is 0 Å². The standard InChI is InChI=1S/C9H10FIO3/c1-12-5-14-8-4-6(13-2)3-7(10)9(8)11/h3-4H,5H2,1-2H3. The zero-order chi connectivity index (χ0) is 10.6. The van der Waals surface area contributed by atoms with Crippen molar-refractivity contribution in [1.82, 2.24) is 0 Å². The van der Waals surface area contributed by atoms with E-state index in [0.717, 1.165) is 0 Å². The van der Waals surface area contributed by atoms with Crippen LogP contribution in [0.1, 0.15) is 0 Å². The Hall–Kier alpha value is -0.560. The number of ether oxygens (including phenoxy) is 3. The fourth-order valence-electron chi connectivity index (χ4n) is 0.885. The summed E-state index contributed by atoms with van der Waals surface area (Å²) in [6.45, 7) is 0.0859. The Morgan fingerprint density at radius 1 is 1.36 bits per heavy atom. The number of hydrogen-bond donors (Lipinski definition) is 0. The molecule has 3 nitrogen and oxygen atoms in total. The van der Waals surface area contributed by atoms with Gasteiger partial charge in [0.15, 0.2) is 6.79 Å². The van der Waals surface area contributed by atoms with Crippen LogP contribution >= 0.6 is 22.6 Å². The van der Waals surface area contributed by atoms with Crippen LogP contribution in [0.3, 0.4) is 0 Å². The van der Waals surface area contributed by atoms with Gasteiger partial charge in [0.1, 0.15) is 17.3 Å². The fraction of sp³-hybridized carbons (Fsp3) is 0.333. The average Bonchev–Trinajstić information content (AvgIpc) is 2.20. The second-order valence-electron chi connectivity index (χ2n) is 2.47. The Kier molecular flexibility index (Phi) is 4.40. The Morgan fingerprint density at radius 2 is 2.07 bits per heavy atom. The summed E-state index contributed by atoms with van der Waals surface area (Å²) >= 11 is 1.87. The minimum Gasteiger partial charge on any atom is -0.497 e. The van der Waals surface area contributed by atoms with E-state index >= 15 is 0 Å². The first-order valence-corrected chi connectivity index (χ1v) is 4.91. The largest absolute Gasteiger partial charge is 0.497 e. The molecule has 1 aromatic carbocycles. The molecular formula is C9H10FIO3. The van der Waals surface area contributed by atoms with Crippen LogP contribution in [-0.2, 0) is 4.74 Å². The molecule has 0 amide bonds. The first kappa shape index (κ1) is 11.5. The van der Waals surface area contributed by atoms with Gasteiger partial charge in [-0.3, -0.25) is 0 Å². The van der Waals surface area contributed by atoms with E-state index in [1.54, 1.807) is 6.07 Å². The number of hydrogen-bond acceptors (Lipinski definition) is 3. The highest BCUT2D eigenvalue weighted by atomic mass is 127. The average molecular weight is 312 g/mol. The molecule has 0 saturated heterocycles. The normalized spacial score (nSPS) is 10.0. The third-order valence-electron chi connectivity index (χ3n) is 1.54. The van der Waals surface area contributed by atoms with Crippen molar-refractivity contribution in [3.05, 3.63) is 21.5 Å². The van der Waals surface area contributed by atoms with Gasteiger partial charge in [0.25, 0.3) is 0 Å². The summed E-state index contributed by atoms with van der Waals surface area (Å²) in [4.78, 5) is 0. The molecule has 0 spiro atoms. The highest BCUT2D eigenvalue weighted by Gasteiger charge is 2.09. The van der Waals surface area contributed by atoms with E-state index in [1.165, 1.54) is 20.3 Å². The highest BCUT2D eigenvalue weighted by Crippen LogP contribution is 2.29. The first-order valence-electron chi connectivity index (χ1n) is 3.83. The van der Waals surface area contributed by atoms with E-state index < -0.39 is 0 Å². The zero-order valence-electron chi connectivity index (χ0n) is 7.84. The smallest absolute Gasteiger partial charge is 0.188 e. The van der Waals surface area contributed by atoms with Crippen LogP contribution in [0.4, 0.5) is 4.39 Å². The maximum Gasteiger partial charge on any atom is 0.188 e. The summed E-state index contributed by atoms with van der Waals surface area (Å²) in [5, 5.41) is 0. The van der Waals surface area contributed by atoms with E-state index in [-0.39, 0.29) is 12.6 Å². The summed E-state index contributed by atoms with van der Waals surface area (Å²) in [5.41, 5.74) is 0. The molecule has 0 atom stereocenters. The molecule has 14 heavy (non-hydrogen) atoms. The molecule has 0 aliphatic rings. The molecule has 0 radical (unpaired) electrons. The van der Waals surface area contributed by atoms with Gasteiger partial charge in [-0.1, -0.05) is 0 Å². The molecule has 0 aliphatic carbocycles. The van der Waals surface area contributed by atoms with Crippen molar-refractivity contribution in [2.75, 3.05) is 21.0 Å². The predicted molar refractivity (Wildman–Crippen MR) is 58.2 cm³/mol. The van der Waals surface area contributed by atoms with Gasteiger partial charge in [-0.15, -0.1) is 0 Å². The minimum absolute atomic E-state index is 0.0859. The topological polar surface area (TPSA) is 27.7 Å². The fourth-order valence-corrected chi connectivity index (χ4v) is 1.35. The van der Waals surface area contributed by atoms with E-state index in [2.05, 4.69) is 0 Å². The molecule has 1 aromatic rings. The molecule has 0 bridgehead atoms. The van der Waals surface area contributed by atoms with Crippen LogP contribution in [0.2, 0.25) is 0 Å². The van der Waals surface area contributed by atoms with Crippen molar-refractivity contribution < 1.29 is 18.6 Å². The molecular weight excluding hydrogens is 302 g/mol. The SMILES string of the molecule is COCOc1cc(OC)cc(F)c1I. The van der Waals surface area contributed by atoms with Gasteiger partial charge in [-0.05, 0) is 22.6 Å². The molecule has 0 aliphatic heterocycles. The quantitative estimate of drug-likeness (QED) is 0.631. The Balaban J connectivity index is 2.95. The number of benzene rings is 1. The van der Waals surface area contributed by atoms with Crippen LogP contribution in [0, 0.1) is 9.39 Å². The maximum absolute atomic E-state index is 13.2. The number of methoxy groups -OCH3 is 2. The molecule has 1 rings (SSSR count). The molecule has 0 unspecified atom stereocenters.